The van der Waals surface area contributed by atoms with E-state index in [1.54, 1.807) is 7.11 Å². The van der Waals surface area contributed by atoms with Crippen molar-refractivity contribution in [2.24, 2.45) is 0 Å². The van der Waals surface area contributed by atoms with E-state index in [2.05, 4.69) is 12.1 Å². The van der Waals surface area contributed by atoms with Crippen LogP contribution in [0.1, 0.15) is 29.0 Å². The normalized spacial score (nSPS) is 16.8. The third-order valence-electron chi connectivity index (χ3n) is 4.82. The van der Waals surface area contributed by atoms with Gasteiger partial charge in [0.1, 0.15) is 11.5 Å². The molecule has 4 heteroatoms. The molecule has 0 bridgehead atoms. The van der Waals surface area contributed by atoms with Gasteiger partial charge in [0.15, 0.2) is 6.61 Å². The second-order valence-corrected chi connectivity index (χ2v) is 6.66. The first-order valence-corrected chi connectivity index (χ1v) is 8.68. The Morgan fingerprint density at radius 1 is 1.16 bits per heavy atom. The third-order valence-corrected chi connectivity index (χ3v) is 4.82. The van der Waals surface area contributed by atoms with Crippen molar-refractivity contribution in [1.29, 1.82) is 0 Å². The highest BCUT2D eigenvalue weighted by atomic mass is 16.5. The fourth-order valence-electron chi connectivity index (χ4n) is 3.23. The Bertz CT molecular complexity index is 739. The molecule has 0 spiro atoms. The molecule has 1 atom stereocenters. The largest absolute Gasteiger partial charge is 0.497 e. The van der Waals surface area contributed by atoms with Crippen LogP contribution in [0.15, 0.2) is 42.5 Å². The average Bonchev–Trinajstić information content (AvgIpc) is 3.12. The molecule has 3 rings (SSSR count). The Balaban J connectivity index is 1.56. The van der Waals surface area contributed by atoms with E-state index in [1.165, 1.54) is 5.56 Å². The van der Waals surface area contributed by atoms with Crippen LogP contribution >= 0.6 is 0 Å². The van der Waals surface area contributed by atoms with E-state index < -0.39 is 0 Å². The third kappa shape index (κ3) is 4.13. The number of nitrogens with zero attached hydrogens (tertiary/aromatic N) is 1. The first kappa shape index (κ1) is 17.3. The minimum absolute atomic E-state index is 0.0527. The number of methoxy groups -OCH3 is 1. The monoisotopic (exact) mass is 339 g/mol. The van der Waals surface area contributed by atoms with Crippen molar-refractivity contribution >= 4 is 5.91 Å². The van der Waals surface area contributed by atoms with Crippen LogP contribution in [0.5, 0.6) is 11.5 Å². The summed E-state index contributed by atoms with van der Waals surface area (Å²) in [6, 6.07) is 14.2. The standard InChI is InChI=1S/C21H25NO3/c1-15-4-5-16(2)20(12-15)25-14-21(23)22-11-10-18(13-22)17-6-8-19(24-3)9-7-17/h4-9,12,18H,10-11,13-14H2,1-3H3. The minimum atomic E-state index is 0.0527. The molecule has 25 heavy (non-hydrogen) atoms. The highest BCUT2D eigenvalue weighted by Gasteiger charge is 2.27. The first-order valence-electron chi connectivity index (χ1n) is 8.68. The zero-order valence-electron chi connectivity index (χ0n) is 15.1. The van der Waals surface area contributed by atoms with Crippen molar-refractivity contribution in [2.75, 3.05) is 26.8 Å². The maximum Gasteiger partial charge on any atom is 0.260 e. The molecule has 0 aromatic heterocycles. The number of rotatable bonds is 5. The molecule has 0 radical (unpaired) electrons. The van der Waals surface area contributed by atoms with Crippen LogP contribution in [0.4, 0.5) is 0 Å². The minimum Gasteiger partial charge on any atom is -0.497 e. The van der Waals surface area contributed by atoms with Crippen LogP contribution in [0, 0.1) is 13.8 Å². The van der Waals surface area contributed by atoms with Gasteiger partial charge < -0.3 is 14.4 Å². The number of amides is 1. The summed E-state index contributed by atoms with van der Waals surface area (Å²) in [4.78, 5) is 14.4. The number of carbonyl (C=O) groups is 1. The predicted molar refractivity (Wildman–Crippen MR) is 98.3 cm³/mol. The van der Waals surface area contributed by atoms with Crippen LogP contribution < -0.4 is 9.47 Å². The zero-order valence-corrected chi connectivity index (χ0v) is 15.1. The number of hydrogen-bond acceptors (Lipinski definition) is 3. The summed E-state index contributed by atoms with van der Waals surface area (Å²) in [5, 5.41) is 0. The van der Waals surface area contributed by atoms with Gasteiger partial charge in [0.25, 0.3) is 5.91 Å². The van der Waals surface area contributed by atoms with E-state index in [0.717, 1.165) is 42.1 Å². The maximum absolute atomic E-state index is 12.5. The van der Waals surface area contributed by atoms with E-state index in [-0.39, 0.29) is 12.5 Å². The van der Waals surface area contributed by atoms with Crippen LogP contribution in [0.3, 0.4) is 0 Å². The summed E-state index contributed by atoms with van der Waals surface area (Å²) in [5.41, 5.74) is 3.44. The van der Waals surface area contributed by atoms with E-state index in [4.69, 9.17) is 9.47 Å². The molecule has 1 amide bonds. The zero-order chi connectivity index (χ0) is 17.8. The predicted octanol–water partition coefficient (Wildman–Crippen LogP) is 3.71. The lowest BCUT2D eigenvalue weighted by Crippen LogP contribution is -2.32. The maximum atomic E-state index is 12.5. The summed E-state index contributed by atoms with van der Waals surface area (Å²) in [6.45, 7) is 5.65. The molecule has 1 fully saturated rings. The summed E-state index contributed by atoms with van der Waals surface area (Å²) >= 11 is 0. The Kier molecular flexibility index (Phi) is 5.27. The molecule has 0 N–H and O–H groups in total. The lowest BCUT2D eigenvalue weighted by molar-refractivity contribution is -0.132. The van der Waals surface area contributed by atoms with E-state index >= 15 is 0 Å². The first-order chi connectivity index (χ1) is 12.1. The smallest absolute Gasteiger partial charge is 0.260 e. The van der Waals surface area contributed by atoms with Crippen LogP contribution in [0.25, 0.3) is 0 Å². The molecular weight excluding hydrogens is 314 g/mol. The van der Waals surface area contributed by atoms with Crippen LogP contribution in [-0.4, -0.2) is 37.6 Å². The molecule has 0 aliphatic carbocycles. The van der Waals surface area contributed by atoms with Crippen molar-refractivity contribution in [2.45, 2.75) is 26.2 Å². The highest BCUT2D eigenvalue weighted by Crippen LogP contribution is 2.28. The number of hydrogen-bond donors (Lipinski definition) is 0. The Labute approximate surface area is 149 Å². The van der Waals surface area contributed by atoms with Crippen molar-refractivity contribution in [3.05, 3.63) is 59.2 Å². The van der Waals surface area contributed by atoms with Crippen LogP contribution in [0.2, 0.25) is 0 Å². The van der Waals surface area contributed by atoms with Crippen molar-refractivity contribution in [3.63, 3.8) is 0 Å². The van der Waals surface area contributed by atoms with Crippen LogP contribution in [-0.2, 0) is 4.79 Å². The highest BCUT2D eigenvalue weighted by molar-refractivity contribution is 5.78. The molecule has 1 unspecified atom stereocenters. The summed E-state index contributed by atoms with van der Waals surface area (Å²) < 4.78 is 11.0. The van der Waals surface area contributed by atoms with Gasteiger partial charge in [-0.3, -0.25) is 4.79 Å². The summed E-state index contributed by atoms with van der Waals surface area (Å²) in [6.07, 6.45) is 0.988. The fourth-order valence-corrected chi connectivity index (χ4v) is 3.23. The molecule has 2 aromatic rings. The van der Waals surface area contributed by atoms with Gasteiger partial charge >= 0.3 is 0 Å². The molecule has 1 saturated heterocycles. The molecule has 1 aliphatic rings. The van der Waals surface area contributed by atoms with E-state index in [0.29, 0.717) is 5.92 Å². The molecule has 4 nitrogen and oxygen atoms in total. The number of ether oxygens (including phenoxy) is 2. The second kappa shape index (κ2) is 7.60. The van der Waals surface area contributed by atoms with Gasteiger partial charge in [-0.2, -0.15) is 0 Å². The summed E-state index contributed by atoms with van der Waals surface area (Å²) in [5.74, 6) is 2.09. The fraction of sp³-hybridized carbons (Fsp3) is 0.381. The van der Waals surface area contributed by atoms with Crippen molar-refractivity contribution in [3.8, 4) is 11.5 Å². The Morgan fingerprint density at radius 2 is 1.92 bits per heavy atom. The Morgan fingerprint density at radius 3 is 2.64 bits per heavy atom. The van der Waals surface area contributed by atoms with Gasteiger partial charge in [-0.05, 0) is 55.2 Å². The lowest BCUT2D eigenvalue weighted by Gasteiger charge is -2.18. The topological polar surface area (TPSA) is 38.8 Å². The second-order valence-electron chi connectivity index (χ2n) is 6.66. The molecule has 1 heterocycles. The molecule has 2 aromatic carbocycles. The lowest BCUT2D eigenvalue weighted by atomic mass is 9.98. The van der Waals surface area contributed by atoms with Gasteiger partial charge in [-0.25, -0.2) is 0 Å². The van der Waals surface area contributed by atoms with Gasteiger partial charge in [0.2, 0.25) is 0 Å². The molecular formula is C21H25NO3. The number of carbonyl (C=O) groups excluding carboxylic acids is 1. The van der Waals surface area contributed by atoms with Gasteiger partial charge in [-0.15, -0.1) is 0 Å². The molecule has 0 saturated carbocycles. The number of likely N-dealkylation sites (tertiary alicyclic amines) is 1. The molecule has 1 aliphatic heterocycles. The van der Waals surface area contributed by atoms with E-state index in [9.17, 15) is 4.79 Å². The Hall–Kier alpha value is -2.49. The van der Waals surface area contributed by atoms with Gasteiger partial charge in [0.05, 0.1) is 7.11 Å². The van der Waals surface area contributed by atoms with Gasteiger partial charge in [-0.1, -0.05) is 24.3 Å². The number of benzene rings is 2. The van der Waals surface area contributed by atoms with Crippen molar-refractivity contribution in [1.82, 2.24) is 4.90 Å². The SMILES string of the molecule is COc1ccc(C2CCN(C(=O)COc3cc(C)ccc3C)C2)cc1. The summed E-state index contributed by atoms with van der Waals surface area (Å²) in [7, 11) is 1.67. The molecule has 132 valence electrons. The average molecular weight is 339 g/mol. The van der Waals surface area contributed by atoms with Gasteiger partial charge in [0, 0.05) is 19.0 Å². The van der Waals surface area contributed by atoms with E-state index in [1.807, 2.05) is 49.1 Å². The van der Waals surface area contributed by atoms with Crippen molar-refractivity contribution < 1.29 is 14.3 Å². The number of aryl methyl sites for hydroxylation is 2. The quantitative estimate of drug-likeness (QED) is 0.834.